The molecule has 4 rings (SSSR count). The van der Waals surface area contributed by atoms with E-state index in [2.05, 4.69) is 31.0 Å². The smallest absolute Gasteiger partial charge is 0.330 e. The quantitative estimate of drug-likeness (QED) is 0.0792. The van der Waals surface area contributed by atoms with Crippen LogP contribution in [0.3, 0.4) is 0 Å². The van der Waals surface area contributed by atoms with Crippen LogP contribution >= 0.6 is 0 Å². The SMILES string of the molecule is CCCCCCCCCCCCCCCCCCCCCc1cc(CCCCCC)c2c(c1)CO[C@]1(C2)[C@@H](CO)O[C@@H](n2ccc(=O)[nH]c2=O)[C@@H]1O. The Hall–Kier alpha value is -2.26. The predicted octanol–water partition coefficient (Wildman–Crippen LogP) is 9.40. The molecule has 8 heteroatoms. The van der Waals surface area contributed by atoms with Gasteiger partial charge in [-0.3, -0.25) is 14.3 Å². The second-order valence-corrected chi connectivity index (χ2v) is 15.9. The highest BCUT2D eigenvalue weighted by molar-refractivity contribution is 5.42. The Morgan fingerprint density at radius 1 is 0.750 bits per heavy atom. The predicted molar refractivity (Wildman–Crippen MR) is 211 cm³/mol. The molecule has 1 saturated heterocycles. The molecule has 3 N–H and O–H groups in total. The number of hydrogen-bond donors (Lipinski definition) is 3. The minimum Gasteiger partial charge on any atom is -0.394 e. The van der Waals surface area contributed by atoms with Crippen LogP contribution in [0.25, 0.3) is 0 Å². The van der Waals surface area contributed by atoms with Crippen LogP contribution in [0, 0.1) is 0 Å². The molecule has 1 aromatic heterocycles. The maximum Gasteiger partial charge on any atom is 0.330 e. The lowest BCUT2D eigenvalue weighted by Crippen LogP contribution is -2.55. The number of aliphatic hydroxyl groups is 2. The molecule has 52 heavy (non-hydrogen) atoms. The Kier molecular flexibility index (Phi) is 19.2. The van der Waals surface area contributed by atoms with E-state index in [0.29, 0.717) is 13.0 Å². The Bertz CT molecular complexity index is 1400. The Labute approximate surface area is 314 Å². The number of rotatable bonds is 27. The third kappa shape index (κ3) is 12.7. The van der Waals surface area contributed by atoms with Crippen LogP contribution in [0.15, 0.2) is 34.0 Å². The molecule has 1 fully saturated rings. The van der Waals surface area contributed by atoms with E-state index in [0.717, 1.165) is 24.8 Å². The van der Waals surface area contributed by atoms with Gasteiger partial charge in [0.05, 0.1) is 13.2 Å². The van der Waals surface area contributed by atoms with E-state index in [4.69, 9.17) is 9.47 Å². The molecule has 2 aromatic rings. The second kappa shape index (κ2) is 23.5. The van der Waals surface area contributed by atoms with Gasteiger partial charge >= 0.3 is 5.69 Å². The zero-order chi connectivity index (χ0) is 37.0. The molecule has 2 aliphatic heterocycles. The number of H-pyrrole nitrogens is 1. The fourth-order valence-electron chi connectivity index (χ4n) is 8.51. The highest BCUT2D eigenvalue weighted by atomic mass is 16.6. The number of aryl methyl sites for hydroxylation is 2. The van der Waals surface area contributed by atoms with Gasteiger partial charge in [-0.15, -0.1) is 0 Å². The molecule has 2 aliphatic rings. The lowest BCUT2D eigenvalue weighted by molar-refractivity contribution is -0.152. The molecule has 294 valence electrons. The van der Waals surface area contributed by atoms with Crippen LogP contribution < -0.4 is 11.2 Å². The van der Waals surface area contributed by atoms with Crippen molar-refractivity contribution < 1.29 is 19.7 Å². The number of aromatic nitrogens is 2. The van der Waals surface area contributed by atoms with E-state index >= 15 is 0 Å². The van der Waals surface area contributed by atoms with Crippen molar-refractivity contribution in [1.82, 2.24) is 9.55 Å². The molecule has 0 saturated carbocycles. The van der Waals surface area contributed by atoms with Gasteiger partial charge in [0.1, 0.15) is 17.8 Å². The lowest BCUT2D eigenvalue weighted by Gasteiger charge is -2.41. The number of aromatic amines is 1. The standard InChI is InChI=1S/C44H72N2O6/c1-3-5-7-9-10-11-12-13-14-15-16-17-18-19-20-21-22-23-24-26-35-30-36(27-25-8-6-4-2)38-32-44(51-34-37(38)31-35)39(33-47)52-42(41(44)49)46-29-28-40(48)45-43(46)50/h28-31,39,41-42,47,49H,3-27,32-34H2,1-2H3,(H,45,48,50)/t39-,41+,42-,44-/m1/s1. The van der Waals surface area contributed by atoms with Crippen molar-refractivity contribution in [3.63, 3.8) is 0 Å². The summed E-state index contributed by atoms with van der Waals surface area (Å²) in [6.45, 7) is 4.47. The van der Waals surface area contributed by atoms with E-state index in [9.17, 15) is 19.8 Å². The number of nitrogens with one attached hydrogen (secondary N) is 1. The van der Waals surface area contributed by atoms with E-state index in [1.54, 1.807) is 0 Å². The van der Waals surface area contributed by atoms with Crippen molar-refractivity contribution >= 4 is 0 Å². The zero-order valence-corrected chi connectivity index (χ0v) is 32.8. The number of aliphatic hydroxyl groups excluding tert-OH is 2. The number of hydrogen-bond acceptors (Lipinski definition) is 6. The Balaban J connectivity index is 1.20. The first kappa shape index (κ1) is 42.5. The van der Waals surface area contributed by atoms with Gasteiger partial charge in [-0.2, -0.15) is 0 Å². The summed E-state index contributed by atoms with van der Waals surface area (Å²) in [5.74, 6) is 0. The van der Waals surface area contributed by atoms with Crippen molar-refractivity contribution in [2.45, 2.75) is 211 Å². The molecule has 8 nitrogen and oxygen atoms in total. The summed E-state index contributed by atoms with van der Waals surface area (Å²) >= 11 is 0. The molecule has 1 spiro atoms. The zero-order valence-electron chi connectivity index (χ0n) is 32.8. The Morgan fingerprint density at radius 2 is 1.27 bits per heavy atom. The first-order valence-corrected chi connectivity index (χ1v) is 21.5. The monoisotopic (exact) mass is 725 g/mol. The van der Waals surface area contributed by atoms with Crippen molar-refractivity contribution in [2.75, 3.05) is 6.61 Å². The molecular formula is C44H72N2O6. The molecule has 0 aliphatic carbocycles. The first-order chi connectivity index (χ1) is 25.4. The highest BCUT2D eigenvalue weighted by Gasteiger charge is 2.59. The topological polar surface area (TPSA) is 114 Å². The molecule has 0 amide bonds. The molecule has 3 heterocycles. The van der Waals surface area contributed by atoms with Crippen LogP contribution in [0.5, 0.6) is 0 Å². The summed E-state index contributed by atoms with van der Waals surface area (Å²) < 4.78 is 13.7. The largest absolute Gasteiger partial charge is 0.394 e. The van der Waals surface area contributed by atoms with Gasteiger partial charge in [-0.1, -0.05) is 161 Å². The number of nitrogens with zero attached hydrogens (tertiary/aromatic N) is 1. The number of benzene rings is 1. The van der Waals surface area contributed by atoms with Crippen molar-refractivity contribution in [3.8, 4) is 0 Å². The first-order valence-electron chi connectivity index (χ1n) is 21.5. The van der Waals surface area contributed by atoms with Gasteiger partial charge in [-0.05, 0) is 47.9 Å². The van der Waals surface area contributed by atoms with Crippen LogP contribution in [0.2, 0.25) is 0 Å². The molecule has 0 radical (unpaired) electrons. The molecular weight excluding hydrogens is 652 g/mol. The summed E-state index contributed by atoms with van der Waals surface area (Å²) in [6.07, 6.45) is 31.6. The maximum atomic E-state index is 12.6. The van der Waals surface area contributed by atoms with Crippen LogP contribution in [0.4, 0.5) is 0 Å². The number of unbranched alkanes of at least 4 members (excludes halogenated alkanes) is 21. The minimum atomic E-state index is -1.21. The Morgan fingerprint density at radius 3 is 1.81 bits per heavy atom. The van der Waals surface area contributed by atoms with Gasteiger partial charge in [0.15, 0.2) is 6.23 Å². The van der Waals surface area contributed by atoms with Gasteiger partial charge < -0.3 is 19.7 Å². The van der Waals surface area contributed by atoms with Crippen LogP contribution in [-0.4, -0.2) is 44.2 Å². The van der Waals surface area contributed by atoms with Crippen molar-refractivity contribution in [3.05, 3.63) is 67.5 Å². The summed E-state index contributed by atoms with van der Waals surface area (Å²) in [6, 6.07) is 5.88. The average molecular weight is 725 g/mol. The molecule has 1 aromatic carbocycles. The number of ether oxygens (including phenoxy) is 2. The van der Waals surface area contributed by atoms with E-state index < -0.39 is 35.3 Å². The van der Waals surface area contributed by atoms with Crippen molar-refractivity contribution in [2.24, 2.45) is 0 Å². The van der Waals surface area contributed by atoms with E-state index in [1.165, 1.54) is 175 Å². The molecule has 0 unspecified atom stereocenters. The van der Waals surface area contributed by atoms with Crippen LogP contribution in [0.1, 0.15) is 190 Å². The summed E-state index contributed by atoms with van der Waals surface area (Å²) in [7, 11) is 0. The summed E-state index contributed by atoms with van der Waals surface area (Å²) in [5.41, 5.74) is 2.60. The van der Waals surface area contributed by atoms with Crippen LogP contribution in [-0.2, 0) is 35.3 Å². The van der Waals surface area contributed by atoms with Crippen molar-refractivity contribution in [1.29, 1.82) is 0 Å². The molecule has 0 bridgehead atoms. The summed E-state index contributed by atoms with van der Waals surface area (Å²) in [5, 5.41) is 22.0. The third-order valence-corrected chi connectivity index (χ3v) is 11.7. The minimum absolute atomic E-state index is 0.314. The fraction of sp³-hybridized carbons (Fsp3) is 0.773. The third-order valence-electron chi connectivity index (χ3n) is 11.7. The average Bonchev–Trinajstić information content (AvgIpc) is 3.40. The lowest BCUT2D eigenvalue weighted by atomic mass is 9.78. The number of fused-ring (bicyclic) bond motifs is 1. The second-order valence-electron chi connectivity index (χ2n) is 15.9. The normalized spacial score (nSPS) is 21.3. The van der Waals surface area contributed by atoms with Gasteiger partial charge in [0, 0.05) is 18.7 Å². The van der Waals surface area contributed by atoms with E-state index in [1.807, 2.05) is 0 Å². The van der Waals surface area contributed by atoms with Gasteiger partial charge in [0.2, 0.25) is 0 Å². The molecule has 4 atom stereocenters. The van der Waals surface area contributed by atoms with Gasteiger partial charge in [-0.25, -0.2) is 4.79 Å². The van der Waals surface area contributed by atoms with Gasteiger partial charge in [0.25, 0.3) is 5.56 Å². The summed E-state index contributed by atoms with van der Waals surface area (Å²) in [4.78, 5) is 26.5. The highest BCUT2D eigenvalue weighted by Crippen LogP contribution is 2.46. The fourth-order valence-corrected chi connectivity index (χ4v) is 8.51. The van der Waals surface area contributed by atoms with E-state index in [-0.39, 0.29) is 6.61 Å². The maximum absolute atomic E-state index is 12.6.